The monoisotopic (exact) mass is 227 g/mol. The topological polar surface area (TPSA) is 41.6 Å². The lowest BCUT2D eigenvalue weighted by molar-refractivity contribution is 1.04. The number of rotatable bonds is 1. The van der Waals surface area contributed by atoms with E-state index in [0.717, 1.165) is 11.4 Å². The van der Waals surface area contributed by atoms with Gasteiger partial charge < -0.3 is 4.98 Å². The molecule has 0 radical (unpaired) electrons. The summed E-state index contributed by atoms with van der Waals surface area (Å²) in [5.41, 5.74) is 0.875. The maximum Gasteiger partial charge on any atom is 0.161 e. The van der Waals surface area contributed by atoms with Gasteiger partial charge in [-0.05, 0) is 25.1 Å². The zero-order valence-electron chi connectivity index (χ0n) is 7.38. The minimum atomic E-state index is 0.512. The number of halogens is 2. The molecule has 14 heavy (non-hydrogen) atoms. The maximum absolute atomic E-state index is 5.88. The highest BCUT2D eigenvalue weighted by Crippen LogP contribution is 2.26. The molecule has 0 spiro atoms. The molecule has 2 rings (SSSR count). The molecule has 1 heterocycles. The minimum absolute atomic E-state index is 0.512. The van der Waals surface area contributed by atoms with Gasteiger partial charge in [-0.15, -0.1) is 10.2 Å². The van der Waals surface area contributed by atoms with Gasteiger partial charge in [0.25, 0.3) is 0 Å². The molecule has 0 aliphatic rings. The van der Waals surface area contributed by atoms with Crippen molar-refractivity contribution in [1.29, 1.82) is 0 Å². The Morgan fingerprint density at radius 1 is 1.14 bits per heavy atom. The molecule has 0 aliphatic carbocycles. The summed E-state index contributed by atoms with van der Waals surface area (Å²) in [6.45, 7) is 1.84. The van der Waals surface area contributed by atoms with Crippen LogP contribution in [0.4, 0.5) is 0 Å². The van der Waals surface area contributed by atoms with Crippen LogP contribution in [0.2, 0.25) is 10.0 Å². The Bertz CT molecular complexity index is 465. The second-order valence-corrected chi connectivity index (χ2v) is 3.70. The lowest BCUT2D eigenvalue weighted by atomic mass is 10.2. The Balaban J connectivity index is 2.47. The third-order valence-electron chi connectivity index (χ3n) is 1.79. The van der Waals surface area contributed by atoms with Crippen LogP contribution >= 0.6 is 23.2 Å². The third-order valence-corrected chi connectivity index (χ3v) is 2.53. The van der Waals surface area contributed by atoms with Crippen LogP contribution in [0.5, 0.6) is 0 Å². The van der Waals surface area contributed by atoms with E-state index in [1.165, 1.54) is 0 Å². The van der Waals surface area contributed by atoms with E-state index in [9.17, 15) is 0 Å². The van der Waals surface area contributed by atoms with Crippen LogP contribution < -0.4 is 0 Å². The molecule has 72 valence electrons. The molecular weight excluding hydrogens is 221 g/mol. The van der Waals surface area contributed by atoms with Crippen LogP contribution in [0.25, 0.3) is 11.4 Å². The summed E-state index contributed by atoms with van der Waals surface area (Å²) in [6.07, 6.45) is 0. The first-order valence-corrected chi connectivity index (χ1v) is 4.77. The Hall–Kier alpha value is -1.06. The minimum Gasteiger partial charge on any atom is -0.325 e. The summed E-state index contributed by atoms with van der Waals surface area (Å²) in [4.78, 5) is 3.02. The molecule has 0 bridgehead atoms. The van der Waals surface area contributed by atoms with Crippen LogP contribution in [0.3, 0.4) is 0 Å². The van der Waals surface area contributed by atoms with E-state index in [-0.39, 0.29) is 0 Å². The number of aromatic amines is 1. The smallest absolute Gasteiger partial charge is 0.161 e. The Morgan fingerprint density at radius 2 is 1.93 bits per heavy atom. The molecule has 1 aromatic carbocycles. The lowest BCUT2D eigenvalue weighted by Crippen LogP contribution is -1.81. The molecule has 0 unspecified atom stereocenters. The maximum atomic E-state index is 5.88. The van der Waals surface area contributed by atoms with Crippen LogP contribution in [-0.2, 0) is 0 Å². The number of hydrogen-bond acceptors (Lipinski definition) is 2. The standard InChI is InChI=1S/C9H7Cl2N3/c1-5-12-9(14-13-5)6-2-3-7(10)8(11)4-6/h2-4H,1H3,(H,12,13,14). The molecule has 1 N–H and O–H groups in total. The molecule has 2 aromatic rings. The molecule has 3 nitrogen and oxygen atoms in total. The van der Waals surface area contributed by atoms with Crippen LogP contribution in [0, 0.1) is 6.92 Å². The molecule has 0 fully saturated rings. The van der Waals surface area contributed by atoms with Gasteiger partial charge in [-0.3, -0.25) is 0 Å². The van der Waals surface area contributed by atoms with E-state index in [2.05, 4.69) is 15.2 Å². The fraction of sp³-hybridized carbons (Fsp3) is 0.111. The van der Waals surface area contributed by atoms with Crippen molar-refractivity contribution >= 4 is 23.2 Å². The Labute approximate surface area is 91.1 Å². The molecule has 0 aliphatic heterocycles. The fourth-order valence-electron chi connectivity index (χ4n) is 1.12. The van der Waals surface area contributed by atoms with Crippen molar-refractivity contribution in [3.8, 4) is 11.4 Å². The van der Waals surface area contributed by atoms with E-state index < -0.39 is 0 Å². The summed E-state index contributed by atoms with van der Waals surface area (Å²) < 4.78 is 0. The number of benzene rings is 1. The average Bonchev–Trinajstić information content (AvgIpc) is 2.57. The van der Waals surface area contributed by atoms with Crippen LogP contribution in [-0.4, -0.2) is 15.2 Å². The number of hydrogen-bond donors (Lipinski definition) is 1. The Morgan fingerprint density at radius 3 is 2.50 bits per heavy atom. The van der Waals surface area contributed by atoms with Crippen molar-refractivity contribution in [3.63, 3.8) is 0 Å². The van der Waals surface area contributed by atoms with Gasteiger partial charge in [-0.25, -0.2) is 0 Å². The summed E-state index contributed by atoms with van der Waals surface area (Å²) in [5, 5.41) is 8.86. The average molecular weight is 228 g/mol. The molecule has 0 amide bonds. The lowest BCUT2D eigenvalue weighted by Gasteiger charge is -1.98. The molecule has 0 saturated carbocycles. The second-order valence-electron chi connectivity index (χ2n) is 2.89. The van der Waals surface area contributed by atoms with E-state index in [0.29, 0.717) is 15.9 Å². The van der Waals surface area contributed by atoms with Gasteiger partial charge in [-0.2, -0.15) is 0 Å². The summed E-state index contributed by atoms with van der Waals surface area (Å²) in [5.74, 6) is 1.46. The first-order chi connectivity index (χ1) is 6.66. The van der Waals surface area contributed by atoms with Crippen molar-refractivity contribution in [2.75, 3.05) is 0 Å². The number of aromatic nitrogens is 3. The molecule has 5 heteroatoms. The predicted molar refractivity (Wildman–Crippen MR) is 56.6 cm³/mol. The molecule has 0 saturated heterocycles. The van der Waals surface area contributed by atoms with Gasteiger partial charge in [0, 0.05) is 5.56 Å². The predicted octanol–water partition coefficient (Wildman–Crippen LogP) is 3.09. The van der Waals surface area contributed by atoms with Gasteiger partial charge in [0.2, 0.25) is 0 Å². The third kappa shape index (κ3) is 1.74. The fourth-order valence-corrected chi connectivity index (χ4v) is 1.42. The molecular formula is C9H7Cl2N3. The van der Waals surface area contributed by atoms with Crippen LogP contribution in [0.15, 0.2) is 18.2 Å². The highest BCUT2D eigenvalue weighted by atomic mass is 35.5. The zero-order chi connectivity index (χ0) is 10.1. The van der Waals surface area contributed by atoms with Gasteiger partial charge in [-0.1, -0.05) is 23.2 Å². The van der Waals surface area contributed by atoms with E-state index in [1.807, 2.05) is 13.0 Å². The van der Waals surface area contributed by atoms with Gasteiger partial charge in [0.15, 0.2) is 5.82 Å². The summed E-state index contributed by atoms with van der Waals surface area (Å²) >= 11 is 11.7. The van der Waals surface area contributed by atoms with Gasteiger partial charge in [0.05, 0.1) is 10.0 Å². The number of nitrogens with one attached hydrogen (secondary N) is 1. The van der Waals surface area contributed by atoms with Crippen molar-refractivity contribution in [2.45, 2.75) is 6.92 Å². The number of aryl methyl sites for hydroxylation is 1. The molecule has 1 aromatic heterocycles. The molecule has 0 atom stereocenters. The van der Waals surface area contributed by atoms with Crippen molar-refractivity contribution in [2.24, 2.45) is 0 Å². The second kappa shape index (κ2) is 3.59. The van der Waals surface area contributed by atoms with E-state index in [4.69, 9.17) is 23.2 Å². The first kappa shape index (κ1) is 9.49. The van der Waals surface area contributed by atoms with Crippen molar-refractivity contribution in [3.05, 3.63) is 34.1 Å². The van der Waals surface area contributed by atoms with Gasteiger partial charge in [0.1, 0.15) is 5.82 Å². The highest BCUT2D eigenvalue weighted by Gasteiger charge is 2.05. The summed E-state index contributed by atoms with van der Waals surface area (Å²) in [7, 11) is 0. The quantitative estimate of drug-likeness (QED) is 0.814. The highest BCUT2D eigenvalue weighted by molar-refractivity contribution is 6.42. The van der Waals surface area contributed by atoms with E-state index in [1.54, 1.807) is 12.1 Å². The normalized spacial score (nSPS) is 10.5. The van der Waals surface area contributed by atoms with Crippen molar-refractivity contribution in [1.82, 2.24) is 15.2 Å². The largest absolute Gasteiger partial charge is 0.325 e. The van der Waals surface area contributed by atoms with Gasteiger partial charge >= 0.3 is 0 Å². The Kier molecular flexibility index (Phi) is 2.44. The first-order valence-electron chi connectivity index (χ1n) is 4.01. The zero-order valence-corrected chi connectivity index (χ0v) is 8.89. The van der Waals surface area contributed by atoms with Crippen molar-refractivity contribution < 1.29 is 0 Å². The van der Waals surface area contributed by atoms with E-state index >= 15 is 0 Å². The van der Waals surface area contributed by atoms with Crippen LogP contribution in [0.1, 0.15) is 5.82 Å². The summed E-state index contributed by atoms with van der Waals surface area (Å²) in [6, 6.07) is 5.33. The number of nitrogens with zero attached hydrogens (tertiary/aromatic N) is 2. The number of H-pyrrole nitrogens is 1. The SMILES string of the molecule is Cc1nnc(-c2ccc(Cl)c(Cl)c2)[nH]1.